The minimum Gasteiger partial charge on any atom is -0.489 e. The number of para-hydroxylation sites is 1. The van der Waals surface area contributed by atoms with E-state index in [2.05, 4.69) is 25.8 Å². The van der Waals surface area contributed by atoms with E-state index < -0.39 is 21.0 Å². The number of sulfone groups is 1. The number of aromatic nitrogens is 3. The first-order chi connectivity index (χ1) is 19.8. The van der Waals surface area contributed by atoms with Gasteiger partial charge in [-0.1, -0.05) is 28.9 Å². The van der Waals surface area contributed by atoms with Crippen molar-refractivity contribution in [3.63, 3.8) is 0 Å². The number of nitrogens with two attached hydrogens (primary N) is 1. The van der Waals surface area contributed by atoms with E-state index >= 15 is 0 Å². The Hall–Kier alpha value is -4.36. The van der Waals surface area contributed by atoms with E-state index in [0.717, 1.165) is 11.1 Å². The Morgan fingerprint density at radius 1 is 1.10 bits per heavy atom. The number of nitrogens with zero attached hydrogens (tertiary/aromatic N) is 3. The van der Waals surface area contributed by atoms with Crippen molar-refractivity contribution in [1.29, 1.82) is 0 Å². The van der Waals surface area contributed by atoms with Gasteiger partial charge >= 0.3 is 5.95 Å². The molecule has 0 fully saturated rings. The van der Waals surface area contributed by atoms with Gasteiger partial charge in [0.25, 0.3) is 5.91 Å². The van der Waals surface area contributed by atoms with Gasteiger partial charge in [0.1, 0.15) is 17.4 Å². The Morgan fingerprint density at radius 2 is 1.83 bits per heavy atom. The van der Waals surface area contributed by atoms with Crippen LogP contribution in [0.3, 0.4) is 0 Å². The number of amides is 1. The molecule has 4 rings (SSSR count). The maximum Gasteiger partial charge on any atom is 0.312 e. The van der Waals surface area contributed by atoms with Crippen LogP contribution in [0.5, 0.6) is 11.7 Å². The van der Waals surface area contributed by atoms with Gasteiger partial charge in [-0.3, -0.25) is 4.79 Å². The van der Waals surface area contributed by atoms with Crippen molar-refractivity contribution in [3.05, 3.63) is 70.5 Å². The summed E-state index contributed by atoms with van der Waals surface area (Å²) in [7, 11) is -3.58. The highest BCUT2D eigenvalue weighted by Gasteiger charge is 2.23. The van der Waals surface area contributed by atoms with Gasteiger partial charge < -0.3 is 30.4 Å². The summed E-state index contributed by atoms with van der Waals surface area (Å²) in [6.45, 7) is 9.03. The summed E-state index contributed by atoms with van der Waals surface area (Å²) in [6.07, 6.45) is 1.27. The number of nitrogens with one attached hydrogen (secondary N) is 2. The summed E-state index contributed by atoms with van der Waals surface area (Å²) in [5.41, 5.74) is 7.69. The minimum atomic E-state index is -3.58. The number of carbonyl (C=O) groups excluding carboxylic acids is 1. The number of anilines is 4. The highest BCUT2D eigenvalue weighted by molar-refractivity contribution is 7.92. The van der Waals surface area contributed by atoms with Crippen LogP contribution in [0, 0.1) is 6.92 Å². The summed E-state index contributed by atoms with van der Waals surface area (Å²) in [4.78, 5) is 20.2. The van der Waals surface area contributed by atoms with Gasteiger partial charge in [0.15, 0.2) is 21.3 Å². The van der Waals surface area contributed by atoms with E-state index in [1.54, 1.807) is 32.0 Å². The molecule has 1 amide bonds. The van der Waals surface area contributed by atoms with E-state index in [4.69, 9.17) is 31.3 Å². The molecule has 0 atom stereocenters. The molecule has 0 unspecified atom stereocenters. The molecule has 2 aromatic heterocycles. The number of hydrogen-bond donors (Lipinski definition) is 3. The van der Waals surface area contributed by atoms with Crippen LogP contribution >= 0.6 is 11.6 Å². The topological polar surface area (TPSA) is 172 Å². The normalized spacial score (nSPS) is 11.5. The molecule has 12 nitrogen and oxygen atoms in total. The Kier molecular flexibility index (Phi) is 9.22. The van der Waals surface area contributed by atoms with Crippen molar-refractivity contribution < 1.29 is 27.2 Å². The first-order valence-electron chi connectivity index (χ1n) is 12.9. The van der Waals surface area contributed by atoms with Gasteiger partial charge in [-0.2, -0.15) is 4.98 Å². The number of benzene rings is 2. The number of halogens is 1. The molecule has 4 N–H and O–H groups in total. The molecular formula is C28H31ClN6O6S. The van der Waals surface area contributed by atoms with E-state index in [0.29, 0.717) is 17.1 Å². The molecule has 0 spiro atoms. The lowest BCUT2D eigenvalue weighted by molar-refractivity contribution is 0.0991. The van der Waals surface area contributed by atoms with E-state index in [1.807, 2.05) is 32.9 Å². The quantitative estimate of drug-likeness (QED) is 0.182. The van der Waals surface area contributed by atoms with Crippen molar-refractivity contribution in [1.82, 2.24) is 15.1 Å². The monoisotopic (exact) mass is 614 g/mol. The number of ether oxygens (including phenoxy) is 2. The number of carbonyl (C=O) groups is 1. The predicted octanol–water partition coefficient (Wildman–Crippen LogP) is 5.56. The SMILES string of the molecule is Cc1cc(OC(C)C)c(Nc2ncc(Cl)c(Nc3ccccc3S(=O)(=O)C(C)C)n2)cc1COc1cc(C(N)=O)no1. The second kappa shape index (κ2) is 12.7. The van der Waals surface area contributed by atoms with Crippen molar-refractivity contribution >= 4 is 50.5 Å². The number of hydrogen-bond acceptors (Lipinski definition) is 11. The van der Waals surface area contributed by atoms with E-state index in [-0.39, 0.29) is 46.0 Å². The molecule has 0 aliphatic heterocycles. The lowest BCUT2D eigenvalue weighted by atomic mass is 10.1. The Morgan fingerprint density at radius 3 is 2.50 bits per heavy atom. The zero-order chi connectivity index (χ0) is 30.6. The van der Waals surface area contributed by atoms with Crippen LogP contribution < -0.4 is 25.8 Å². The minimum absolute atomic E-state index is 0.0386. The first kappa shape index (κ1) is 30.6. The Bertz CT molecular complexity index is 1710. The van der Waals surface area contributed by atoms with Gasteiger partial charge in [-0.15, -0.1) is 0 Å². The average molecular weight is 615 g/mol. The highest BCUT2D eigenvalue weighted by Crippen LogP contribution is 2.34. The highest BCUT2D eigenvalue weighted by atomic mass is 35.5. The number of aryl methyl sites for hydroxylation is 1. The molecule has 0 radical (unpaired) electrons. The molecule has 222 valence electrons. The summed E-state index contributed by atoms with van der Waals surface area (Å²) in [6, 6.07) is 11.5. The van der Waals surface area contributed by atoms with Crippen molar-refractivity contribution in [2.24, 2.45) is 5.73 Å². The van der Waals surface area contributed by atoms with Crippen molar-refractivity contribution in [2.45, 2.75) is 57.5 Å². The fourth-order valence-corrected chi connectivity index (χ4v) is 5.10. The summed E-state index contributed by atoms with van der Waals surface area (Å²) in [5, 5.41) is 9.35. The lowest BCUT2D eigenvalue weighted by Crippen LogP contribution is -2.15. The average Bonchev–Trinajstić information content (AvgIpc) is 3.41. The first-order valence-corrected chi connectivity index (χ1v) is 14.9. The van der Waals surface area contributed by atoms with Crippen molar-refractivity contribution in [2.75, 3.05) is 10.6 Å². The summed E-state index contributed by atoms with van der Waals surface area (Å²) >= 11 is 6.40. The number of primary amides is 1. The molecule has 0 aliphatic carbocycles. The lowest BCUT2D eigenvalue weighted by Gasteiger charge is -2.19. The molecule has 0 saturated carbocycles. The van der Waals surface area contributed by atoms with Crippen LogP contribution in [0.2, 0.25) is 5.02 Å². The largest absolute Gasteiger partial charge is 0.489 e. The van der Waals surface area contributed by atoms with E-state index in [1.165, 1.54) is 18.3 Å². The van der Waals surface area contributed by atoms with Crippen LogP contribution in [0.15, 0.2) is 58.1 Å². The van der Waals surface area contributed by atoms with Gasteiger partial charge in [0.2, 0.25) is 5.95 Å². The van der Waals surface area contributed by atoms with Crippen LogP contribution in [0.1, 0.15) is 49.3 Å². The molecular weight excluding hydrogens is 584 g/mol. The molecule has 0 aliphatic rings. The van der Waals surface area contributed by atoms with Crippen LogP contribution in [0.4, 0.5) is 23.1 Å². The molecule has 4 aromatic rings. The van der Waals surface area contributed by atoms with Gasteiger partial charge in [-0.25, -0.2) is 13.4 Å². The number of rotatable bonds is 12. The van der Waals surface area contributed by atoms with Gasteiger partial charge in [0.05, 0.1) is 39.9 Å². The summed E-state index contributed by atoms with van der Waals surface area (Å²) < 4.78 is 42.6. The zero-order valence-corrected chi connectivity index (χ0v) is 25.2. The molecule has 0 saturated heterocycles. The Balaban J connectivity index is 1.63. The van der Waals surface area contributed by atoms with E-state index in [9.17, 15) is 13.2 Å². The van der Waals surface area contributed by atoms with Gasteiger partial charge in [-0.05, 0) is 70.0 Å². The smallest absolute Gasteiger partial charge is 0.312 e. The van der Waals surface area contributed by atoms with Crippen molar-refractivity contribution in [3.8, 4) is 11.7 Å². The third-order valence-electron chi connectivity index (χ3n) is 5.97. The maximum atomic E-state index is 12.9. The third-order valence-corrected chi connectivity index (χ3v) is 8.46. The summed E-state index contributed by atoms with van der Waals surface area (Å²) in [5.74, 6) is 0.239. The van der Waals surface area contributed by atoms with Crippen LogP contribution in [0.25, 0.3) is 0 Å². The predicted molar refractivity (Wildman–Crippen MR) is 159 cm³/mol. The molecule has 2 heterocycles. The zero-order valence-electron chi connectivity index (χ0n) is 23.6. The molecule has 2 aromatic carbocycles. The fraction of sp³-hybridized carbons (Fsp3) is 0.286. The molecule has 42 heavy (non-hydrogen) atoms. The second-order valence-electron chi connectivity index (χ2n) is 9.86. The Labute approximate surface area is 248 Å². The third kappa shape index (κ3) is 7.09. The molecule has 14 heteroatoms. The van der Waals surface area contributed by atoms with Crippen LogP contribution in [-0.4, -0.2) is 40.8 Å². The van der Waals surface area contributed by atoms with Gasteiger partial charge in [0, 0.05) is 0 Å². The maximum absolute atomic E-state index is 12.9. The fourth-order valence-electron chi connectivity index (χ4n) is 3.76. The second-order valence-corrected chi connectivity index (χ2v) is 12.7. The van der Waals surface area contributed by atoms with Crippen LogP contribution in [-0.2, 0) is 16.4 Å². The standard InChI is InChI=1S/C28H31ClN6O6S/c1-15(2)40-23-10-17(5)18(14-39-25-12-22(26(30)36)35-41-25)11-21(23)33-28-31-13-19(29)27(34-28)32-20-8-6-7-9-24(20)42(37,38)16(3)4/h6-13,15-16H,14H2,1-5H3,(H2,30,36)(H2,31,32,33,34). The molecule has 0 bridgehead atoms.